The first-order chi connectivity index (χ1) is 10.7. The van der Waals surface area contributed by atoms with E-state index < -0.39 is 5.60 Å². The SMILES string of the molecule is Cc1cccc(N2CCC(CN(C)C(=O)OC(C)(C)C)CC2)n1. The van der Waals surface area contributed by atoms with Gasteiger partial charge in [0.1, 0.15) is 11.4 Å². The molecule has 1 aromatic rings. The third-order valence-corrected chi connectivity index (χ3v) is 4.05. The lowest BCUT2D eigenvalue weighted by molar-refractivity contribution is 0.0266. The lowest BCUT2D eigenvalue weighted by atomic mass is 9.96. The zero-order chi connectivity index (χ0) is 17.0. The molecule has 1 aliphatic heterocycles. The van der Waals surface area contributed by atoms with Gasteiger partial charge in [0.2, 0.25) is 0 Å². The Morgan fingerprint density at radius 3 is 2.57 bits per heavy atom. The maximum absolute atomic E-state index is 12.0. The third kappa shape index (κ3) is 5.41. The summed E-state index contributed by atoms with van der Waals surface area (Å²) >= 11 is 0. The Balaban J connectivity index is 1.81. The van der Waals surface area contributed by atoms with E-state index >= 15 is 0 Å². The molecule has 0 unspecified atom stereocenters. The van der Waals surface area contributed by atoms with Crippen LogP contribution in [0.25, 0.3) is 0 Å². The highest BCUT2D eigenvalue weighted by molar-refractivity contribution is 5.67. The Kier molecular flexibility index (Phi) is 5.50. The predicted octanol–water partition coefficient (Wildman–Crippen LogP) is 3.47. The first-order valence-electron chi connectivity index (χ1n) is 8.37. The fraction of sp³-hybridized carbons (Fsp3) is 0.667. The zero-order valence-electron chi connectivity index (χ0n) is 15.0. The molecular weight excluding hydrogens is 290 g/mol. The number of aryl methyl sites for hydroxylation is 1. The molecule has 1 saturated heterocycles. The number of hydrogen-bond donors (Lipinski definition) is 0. The van der Waals surface area contributed by atoms with E-state index in [9.17, 15) is 4.79 Å². The molecule has 23 heavy (non-hydrogen) atoms. The number of ether oxygens (including phenoxy) is 1. The minimum absolute atomic E-state index is 0.236. The summed E-state index contributed by atoms with van der Waals surface area (Å²) in [5, 5.41) is 0. The van der Waals surface area contributed by atoms with Crippen LogP contribution in [0.4, 0.5) is 10.6 Å². The van der Waals surface area contributed by atoms with E-state index in [2.05, 4.69) is 22.0 Å². The van der Waals surface area contributed by atoms with Crippen LogP contribution in [0, 0.1) is 12.8 Å². The van der Waals surface area contributed by atoms with Gasteiger partial charge in [-0.05, 0) is 58.6 Å². The van der Waals surface area contributed by atoms with Crippen LogP contribution < -0.4 is 4.90 Å². The Morgan fingerprint density at radius 2 is 2.00 bits per heavy atom. The maximum atomic E-state index is 12.0. The fourth-order valence-corrected chi connectivity index (χ4v) is 2.85. The standard InChI is InChI=1S/C18H29N3O2/c1-14-7-6-8-16(19-14)21-11-9-15(10-12-21)13-20(5)17(22)23-18(2,3)4/h6-8,15H,9-13H2,1-5H3. The summed E-state index contributed by atoms with van der Waals surface area (Å²) in [6.07, 6.45) is 1.91. The van der Waals surface area contributed by atoms with Crippen molar-refractivity contribution in [3.63, 3.8) is 0 Å². The molecule has 1 aromatic heterocycles. The minimum atomic E-state index is -0.439. The molecule has 0 aliphatic carbocycles. The highest BCUT2D eigenvalue weighted by Gasteiger charge is 2.25. The number of carbonyl (C=O) groups is 1. The van der Waals surface area contributed by atoms with Crippen LogP contribution in [-0.4, -0.2) is 48.3 Å². The summed E-state index contributed by atoms with van der Waals surface area (Å²) in [6.45, 7) is 10.4. The van der Waals surface area contributed by atoms with Gasteiger partial charge in [0.25, 0.3) is 0 Å². The van der Waals surface area contributed by atoms with Crippen LogP contribution in [0.1, 0.15) is 39.3 Å². The summed E-state index contributed by atoms with van der Waals surface area (Å²) in [5.41, 5.74) is 0.611. The number of hydrogen-bond acceptors (Lipinski definition) is 4. The molecule has 1 aliphatic rings. The van der Waals surface area contributed by atoms with Crippen molar-refractivity contribution in [1.82, 2.24) is 9.88 Å². The number of rotatable bonds is 3. The van der Waals surface area contributed by atoms with Gasteiger partial charge in [0, 0.05) is 32.4 Å². The van der Waals surface area contributed by atoms with Crippen LogP contribution >= 0.6 is 0 Å². The van der Waals surface area contributed by atoms with Gasteiger partial charge in [0.05, 0.1) is 0 Å². The van der Waals surface area contributed by atoms with Gasteiger partial charge < -0.3 is 14.5 Å². The van der Waals surface area contributed by atoms with Crippen molar-refractivity contribution < 1.29 is 9.53 Å². The number of pyridine rings is 1. The molecule has 2 heterocycles. The number of nitrogens with zero attached hydrogens (tertiary/aromatic N) is 3. The van der Waals surface area contributed by atoms with E-state index in [1.54, 1.807) is 4.90 Å². The molecular formula is C18H29N3O2. The van der Waals surface area contributed by atoms with Crippen molar-refractivity contribution >= 4 is 11.9 Å². The molecule has 0 bridgehead atoms. The van der Waals surface area contributed by atoms with Crippen LogP contribution in [0.5, 0.6) is 0 Å². The van der Waals surface area contributed by atoms with Gasteiger partial charge in [0.15, 0.2) is 0 Å². The van der Waals surface area contributed by atoms with Gasteiger partial charge in [-0.25, -0.2) is 9.78 Å². The van der Waals surface area contributed by atoms with E-state index in [0.717, 1.165) is 44.0 Å². The highest BCUT2D eigenvalue weighted by Crippen LogP contribution is 2.23. The van der Waals surface area contributed by atoms with Crippen LogP contribution in [0.3, 0.4) is 0 Å². The molecule has 128 valence electrons. The zero-order valence-corrected chi connectivity index (χ0v) is 15.0. The first kappa shape index (κ1) is 17.6. The van der Waals surface area contributed by atoms with Crippen LogP contribution in [-0.2, 0) is 4.74 Å². The van der Waals surface area contributed by atoms with Gasteiger partial charge >= 0.3 is 6.09 Å². The molecule has 5 nitrogen and oxygen atoms in total. The average Bonchev–Trinajstić information content (AvgIpc) is 2.46. The molecule has 0 atom stereocenters. The molecule has 5 heteroatoms. The van der Waals surface area contributed by atoms with E-state index in [0.29, 0.717) is 5.92 Å². The average molecular weight is 319 g/mol. The number of amides is 1. The maximum Gasteiger partial charge on any atom is 0.410 e. The number of carbonyl (C=O) groups excluding carboxylic acids is 1. The van der Waals surface area contributed by atoms with Crippen LogP contribution in [0.15, 0.2) is 18.2 Å². The summed E-state index contributed by atoms with van der Waals surface area (Å²) < 4.78 is 5.41. The summed E-state index contributed by atoms with van der Waals surface area (Å²) in [6, 6.07) is 6.15. The normalized spacial score (nSPS) is 16.3. The molecule has 1 fully saturated rings. The quantitative estimate of drug-likeness (QED) is 0.856. The van der Waals surface area contributed by atoms with Gasteiger partial charge in [-0.3, -0.25) is 0 Å². The second-order valence-electron chi connectivity index (χ2n) is 7.43. The molecule has 0 radical (unpaired) electrons. The smallest absolute Gasteiger partial charge is 0.410 e. The Hall–Kier alpha value is -1.78. The molecule has 0 aromatic carbocycles. The second kappa shape index (κ2) is 7.20. The number of piperidine rings is 1. The van der Waals surface area contributed by atoms with E-state index in [1.165, 1.54) is 0 Å². The summed E-state index contributed by atoms with van der Waals surface area (Å²) in [4.78, 5) is 20.7. The van der Waals surface area contributed by atoms with Gasteiger partial charge in [-0.2, -0.15) is 0 Å². The molecule has 0 saturated carbocycles. The first-order valence-corrected chi connectivity index (χ1v) is 8.37. The number of anilines is 1. The van der Waals surface area contributed by atoms with Crippen molar-refractivity contribution in [2.45, 2.75) is 46.1 Å². The second-order valence-corrected chi connectivity index (χ2v) is 7.43. The summed E-state index contributed by atoms with van der Waals surface area (Å²) in [5.74, 6) is 1.58. The van der Waals surface area contributed by atoms with Crippen LogP contribution in [0.2, 0.25) is 0 Å². The molecule has 0 N–H and O–H groups in total. The Labute approximate surface area is 139 Å². The van der Waals surface area contributed by atoms with E-state index in [1.807, 2.05) is 40.8 Å². The van der Waals surface area contributed by atoms with Crippen molar-refractivity contribution in [2.24, 2.45) is 5.92 Å². The van der Waals surface area contributed by atoms with Gasteiger partial charge in [-0.15, -0.1) is 0 Å². The Morgan fingerprint density at radius 1 is 1.35 bits per heavy atom. The van der Waals surface area contributed by atoms with Gasteiger partial charge in [-0.1, -0.05) is 6.07 Å². The largest absolute Gasteiger partial charge is 0.444 e. The molecule has 1 amide bonds. The lowest BCUT2D eigenvalue weighted by Gasteiger charge is -2.35. The Bertz CT molecular complexity index is 531. The van der Waals surface area contributed by atoms with E-state index in [-0.39, 0.29) is 6.09 Å². The predicted molar refractivity (Wildman–Crippen MR) is 92.8 cm³/mol. The van der Waals surface area contributed by atoms with Crippen molar-refractivity contribution in [2.75, 3.05) is 31.6 Å². The summed E-state index contributed by atoms with van der Waals surface area (Å²) in [7, 11) is 1.82. The fourth-order valence-electron chi connectivity index (χ4n) is 2.85. The topological polar surface area (TPSA) is 45.7 Å². The highest BCUT2D eigenvalue weighted by atomic mass is 16.6. The van der Waals surface area contributed by atoms with Crippen molar-refractivity contribution in [1.29, 1.82) is 0 Å². The monoisotopic (exact) mass is 319 g/mol. The number of aromatic nitrogens is 1. The minimum Gasteiger partial charge on any atom is -0.444 e. The third-order valence-electron chi connectivity index (χ3n) is 4.05. The van der Waals surface area contributed by atoms with Crippen molar-refractivity contribution in [3.05, 3.63) is 23.9 Å². The lowest BCUT2D eigenvalue weighted by Crippen LogP contribution is -2.41. The molecule has 0 spiro atoms. The van der Waals surface area contributed by atoms with Crippen molar-refractivity contribution in [3.8, 4) is 0 Å². The molecule has 2 rings (SSSR count). The van der Waals surface area contributed by atoms with E-state index in [4.69, 9.17) is 4.74 Å².